The third kappa shape index (κ3) is 3.48. The van der Waals surface area contributed by atoms with E-state index in [-0.39, 0.29) is 5.57 Å². The predicted molar refractivity (Wildman–Crippen MR) is 79.6 cm³/mol. The van der Waals surface area contributed by atoms with E-state index in [1.54, 1.807) is 44.4 Å². The number of methoxy groups -OCH3 is 1. The molecule has 0 atom stereocenters. The molecule has 1 N–H and O–H groups in total. The Morgan fingerprint density at radius 1 is 1.24 bits per heavy atom. The number of halogens is 1. The van der Waals surface area contributed by atoms with Gasteiger partial charge in [0, 0.05) is 0 Å². The van der Waals surface area contributed by atoms with E-state index in [1.165, 1.54) is 18.2 Å². The average molecular weight is 286 g/mol. The van der Waals surface area contributed by atoms with Crippen molar-refractivity contribution in [2.24, 2.45) is 0 Å². The molecule has 2 rings (SSSR count). The lowest BCUT2D eigenvalue weighted by Gasteiger charge is -2.09. The molecule has 0 heterocycles. The first-order valence-electron chi connectivity index (χ1n) is 6.37. The zero-order valence-corrected chi connectivity index (χ0v) is 11.8. The van der Waals surface area contributed by atoms with Gasteiger partial charge < -0.3 is 9.84 Å². The van der Waals surface area contributed by atoms with Gasteiger partial charge in [-0.25, -0.2) is 9.18 Å². The molecule has 2 aromatic rings. The SMILES string of the molecule is COc1ccc(/C(=C/c2cccc(F)c2)C(=O)O)c(C)c1. The van der Waals surface area contributed by atoms with Gasteiger partial charge in [-0.05, 0) is 54.0 Å². The first-order valence-corrected chi connectivity index (χ1v) is 6.37. The fourth-order valence-corrected chi connectivity index (χ4v) is 2.08. The van der Waals surface area contributed by atoms with Gasteiger partial charge in [0.25, 0.3) is 0 Å². The lowest BCUT2D eigenvalue weighted by molar-refractivity contribution is -0.130. The third-order valence-corrected chi connectivity index (χ3v) is 3.11. The van der Waals surface area contributed by atoms with Crippen molar-refractivity contribution >= 4 is 17.6 Å². The second kappa shape index (κ2) is 6.22. The van der Waals surface area contributed by atoms with Crippen molar-refractivity contribution in [3.63, 3.8) is 0 Å². The van der Waals surface area contributed by atoms with E-state index in [2.05, 4.69) is 0 Å². The highest BCUT2D eigenvalue weighted by molar-refractivity contribution is 6.21. The second-order valence-corrected chi connectivity index (χ2v) is 4.60. The van der Waals surface area contributed by atoms with Gasteiger partial charge in [-0.15, -0.1) is 0 Å². The number of rotatable bonds is 4. The number of carbonyl (C=O) groups is 1. The van der Waals surface area contributed by atoms with Gasteiger partial charge in [-0.1, -0.05) is 18.2 Å². The minimum atomic E-state index is -1.06. The Hall–Kier alpha value is -2.62. The zero-order valence-electron chi connectivity index (χ0n) is 11.8. The van der Waals surface area contributed by atoms with Gasteiger partial charge in [0.1, 0.15) is 11.6 Å². The highest BCUT2D eigenvalue weighted by atomic mass is 19.1. The van der Waals surface area contributed by atoms with E-state index in [0.29, 0.717) is 16.9 Å². The van der Waals surface area contributed by atoms with Crippen LogP contribution in [0.25, 0.3) is 11.6 Å². The molecule has 108 valence electrons. The molecule has 0 aromatic heterocycles. The standard InChI is InChI=1S/C17H15FO3/c1-11-8-14(21-2)6-7-15(11)16(17(19)20)10-12-4-3-5-13(18)9-12/h3-10H,1-2H3,(H,19,20)/b16-10-. The predicted octanol–water partition coefficient (Wildman–Crippen LogP) is 3.77. The Morgan fingerprint density at radius 2 is 2.00 bits per heavy atom. The molecular formula is C17H15FO3. The fourth-order valence-electron chi connectivity index (χ4n) is 2.08. The minimum Gasteiger partial charge on any atom is -0.497 e. The zero-order chi connectivity index (χ0) is 15.4. The van der Waals surface area contributed by atoms with E-state index >= 15 is 0 Å². The van der Waals surface area contributed by atoms with Gasteiger partial charge in [0.05, 0.1) is 12.7 Å². The van der Waals surface area contributed by atoms with Crippen molar-refractivity contribution in [3.05, 3.63) is 65.0 Å². The number of aliphatic carboxylic acids is 1. The van der Waals surface area contributed by atoms with Crippen LogP contribution < -0.4 is 4.74 Å². The van der Waals surface area contributed by atoms with E-state index in [0.717, 1.165) is 5.56 Å². The lowest BCUT2D eigenvalue weighted by Crippen LogP contribution is -2.02. The number of carboxylic acids is 1. The Bertz CT molecular complexity index is 705. The van der Waals surface area contributed by atoms with E-state index in [4.69, 9.17) is 4.74 Å². The molecule has 0 saturated heterocycles. The topological polar surface area (TPSA) is 46.5 Å². The maximum atomic E-state index is 13.2. The van der Waals surface area contributed by atoms with Crippen molar-refractivity contribution in [1.82, 2.24) is 0 Å². The molecule has 0 spiro atoms. The molecule has 0 unspecified atom stereocenters. The summed E-state index contributed by atoms with van der Waals surface area (Å²) in [6, 6.07) is 11.0. The Labute approximate surface area is 122 Å². The van der Waals surface area contributed by atoms with Crippen molar-refractivity contribution in [2.45, 2.75) is 6.92 Å². The van der Waals surface area contributed by atoms with Crippen molar-refractivity contribution in [3.8, 4) is 5.75 Å². The van der Waals surface area contributed by atoms with Crippen LogP contribution in [0.1, 0.15) is 16.7 Å². The summed E-state index contributed by atoms with van der Waals surface area (Å²) < 4.78 is 18.3. The molecule has 0 aliphatic carbocycles. The second-order valence-electron chi connectivity index (χ2n) is 4.60. The molecular weight excluding hydrogens is 271 g/mol. The van der Waals surface area contributed by atoms with Crippen LogP contribution in [0.15, 0.2) is 42.5 Å². The molecule has 0 amide bonds. The van der Waals surface area contributed by atoms with E-state index in [1.807, 2.05) is 0 Å². The van der Waals surface area contributed by atoms with Crippen LogP contribution in [-0.4, -0.2) is 18.2 Å². The molecule has 2 aromatic carbocycles. The fraction of sp³-hybridized carbons (Fsp3) is 0.118. The normalized spacial score (nSPS) is 11.3. The summed E-state index contributed by atoms with van der Waals surface area (Å²) in [6.45, 7) is 1.81. The van der Waals surface area contributed by atoms with Gasteiger partial charge in [-0.3, -0.25) is 0 Å². The maximum Gasteiger partial charge on any atom is 0.336 e. The summed E-state index contributed by atoms with van der Waals surface area (Å²) in [4.78, 5) is 11.5. The van der Waals surface area contributed by atoms with Crippen molar-refractivity contribution < 1.29 is 19.0 Å². The molecule has 0 radical (unpaired) electrons. The summed E-state index contributed by atoms with van der Waals surface area (Å²) in [5, 5.41) is 9.41. The lowest BCUT2D eigenvalue weighted by atomic mass is 9.98. The third-order valence-electron chi connectivity index (χ3n) is 3.11. The first-order chi connectivity index (χ1) is 10.0. The quantitative estimate of drug-likeness (QED) is 0.687. The van der Waals surface area contributed by atoms with Crippen LogP contribution in [-0.2, 0) is 4.79 Å². The number of carboxylic acid groups (broad SMARTS) is 1. The van der Waals surface area contributed by atoms with Crippen LogP contribution in [0.3, 0.4) is 0 Å². The van der Waals surface area contributed by atoms with Gasteiger partial charge in [0.15, 0.2) is 0 Å². The molecule has 0 saturated carbocycles. The van der Waals surface area contributed by atoms with Crippen LogP contribution >= 0.6 is 0 Å². The molecule has 0 aliphatic rings. The average Bonchev–Trinajstić information content (AvgIpc) is 2.45. The molecule has 0 fully saturated rings. The van der Waals surface area contributed by atoms with Crippen molar-refractivity contribution in [2.75, 3.05) is 7.11 Å². The number of aryl methyl sites for hydroxylation is 1. The number of hydrogen-bond donors (Lipinski definition) is 1. The van der Waals surface area contributed by atoms with Crippen LogP contribution in [0.2, 0.25) is 0 Å². The summed E-state index contributed by atoms with van der Waals surface area (Å²) in [7, 11) is 1.55. The van der Waals surface area contributed by atoms with Crippen LogP contribution in [0.5, 0.6) is 5.75 Å². The summed E-state index contributed by atoms with van der Waals surface area (Å²) in [6.07, 6.45) is 1.46. The van der Waals surface area contributed by atoms with Gasteiger partial charge >= 0.3 is 5.97 Å². The summed E-state index contributed by atoms with van der Waals surface area (Å²) >= 11 is 0. The number of benzene rings is 2. The Morgan fingerprint density at radius 3 is 2.57 bits per heavy atom. The molecule has 21 heavy (non-hydrogen) atoms. The van der Waals surface area contributed by atoms with Gasteiger partial charge in [0.2, 0.25) is 0 Å². The minimum absolute atomic E-state index is 0.112. The van der Waals surface area contributed by atoms with Gasteiger partial charge in [-0.2, -0.15) is 0 Å². The van der Waals surface area contributed by atoms with E-state index < -0.39 is 11.8 Å². The Kier molecular flexibility index (Phi) is 4.38. The smallest absolute Gasteiger partial charge is 0.336 e. The van der Waals surface area contributed by atoms with Crippen LogP contribution in [0, 0.1) is 12.7 Å². The van der Waals surface area contributed by atoms with E-state index in [9.17, 15) is 14.3 Å². The molecule has 4 heteroatoms. The molecule has 0 bridgehead atoms. The first kappa shape index (κ1) is 14.8. The molecule has 0 aliphatic heterocycles. The number of hydrogen-bond acceptors (Lipinski definition) is 2. The highest BCUT2D eigenvalue weighted by Gasteiger charge is 2.13. The highest BCUT2D eigenvalue weighted by Crippen LogP contribution is 2.25. The summed E-state index contributed by atoms with van der Waals surface area (Å²) in [5.74, 6) is -0.806. The van der Waals surface area contributed by atoms with Crippen LogP contribution in [0.4, 0.5) is 4.39 Å². The molecule has 3 nitrogen and oxygen atoms in total. The number of ether oxygens (including phenoxy) is 1. The maximum absolute atomic E-state index is 13.2. The van der Waals surface area contributed by atoms with Crippen molar-refractivity contribution in [1.29, 1.82) is 0 Å². The largest absolute Gasteiger partial charge is 0.497 e. The summed E-state index contributed by atoms with van der Waals surface area (Å²) in [5.41, 5.74) is 1.97. The monoisotopic (exact) mass is 286 g/mol. The Balaban J connectivity index is 2.51.